The Kier molecular flexibility index (Phi) is 5.35. The summed E-state index contributed by atoms with van der Waals surface area (Å²) in [5.41, 5.74) is 1.58. The maximum absolute atomic E-state index is 12.4. The average Bonchev–Trinajstić information content (AvgIpc) is 3.09. The third-order valence-corrected chi connectivity index (χ3v) is 4.35. The number of rotatable bonds is 6. The van der Waals surface area contributed by atoms with Crippen LogP contribution >= 0.6 is 11.8 Å². The fraction of sp³-hybridized carbons (Fsp3) is 0.167. The first-order valence-electron chi connectivity index (χ1n) is 7.59. The second-order valence-corrected chi connectivity index (χ2v) is 6.03. The van der Waals surface area contributed by atoms with Crippen molar-refractivity contribution in [2.45, 2.75) is 11.3 Å². The van der Waals surface area contributed by atoms with Gasteiger partial charge in [0, 0.05) is 4.90 Å². The van der Waals surface area contributed by atoms with E-state index >= 15 is 0 Å². The zero-order valence-corrected chi connectivity index (χ0v) is 14.7. The Morgan fingerprint density at radius 2 is 1.92 bits per heavy atom. The summed E-state index contributed by atoms with van der Waals surface area (Å²) < 4.78 is 10.6. The van der Waals surface area contributed by atoms with E-state index < -0.39 is 0 Å². The molecule has 0 spiro atoms. The highest BCUT2D eigenvalue weighted by atomic mass is 32.2. The highest BCUT2D eigenvalue weighted by molar-refractivity contribution is 7.98. The standard InChI is InChI=1S/C18H17N3O3S/c1-23-13-9-7-12(8-10-13)11-16-20-21-18(24-16)19-17(22)14-5-3-4-6-15(14)25-2/h3-10H,11H2,1-2H3,(H,19,21,22). The van der Waals surface area contributed by atoms with E-state index in [1.165, 1.54) is 11.8 Å². The number of carbonyl (C=O) groups excluding carboxylic acids is 1. The number of benzene rings is 2. The van der Waals surface area contributed by atoms with Crippen LogP contribution in [0.1, 0.15) is 21.8 Å². The molecule has 0 aliphatic carbocycles. The first-order chi connectivity index (χ1) is 12.2. The molecule has 0 aliphatic heterocycles. The van der Waals surface area contributed by atoms with E-state index in [1.807, 2.05) is 48.7 Å². The molecule has 1 amide bonds. The van der Waals surface area contributed by atoms with Crippen LogP contribution in [-0.2, 0) is 6.42 Å². The number of thioether (sulfide) groups is 1. The molecule has 0 atom stereocenters. The average molecular weight is 355 g/mol. The van der Waals surface area contributed by atoms with Gasteiger partial charge >= 0.3 is 6.01 Å². The van der Waals surface area contributed by atoms with Crippen LogP contribution in [0.5, 0.6) is 5.75 Å². The lowest BCUT2D eigenvalue weighted by Gasteiger charge is -2.05. The van der Waals surface area contributed by atoms with E-state index in [9.17, 15) is 4.79 Å². The highest BCUT2D eigenvalue weighted by Crippen LogP contribution is 2.21. The molecular formula is C18H17N3O3S. The van der Waals surface area contributed by atoms with Crippen molar-refractivity contribution in [2.24, 2.45) is 0 Å². The Balaban J connectivity index is 1.67. The highest BCUT2D eigenvalue weighted by Gasteiger charge is 2.14. The maximum Gasteiger partial charge on any atom is 0.322 e. The van der Waals surface area contributed by atoms with Gasteiger partial charge in [0.15, 0.2) is 0 Å². The van der Waals surface area contributed by atoms with Gasteiger partial charge in [-0.25, -0.2) is 0 Å². The predicted octanol–water partition coefficient (Wildman–Crippen LogP) is 3.64. The van der Waals surface area contributed by atoms with Crippen molar-refractivity contribution >= 4 is 23.7 Å². The molecule has 25 heavy (non-hydrogen) atoms. The summed E-state index contributed by atoms with van der Waals surface area (Å²) in [6.45, 7) is 0. The van der Waals surface area contributed by atoms with Crippen molar-refractivity contribution in [3.63, 3.8) is 0 Å². The van der Waals surface area contributed by atoms with Crippen molar-refractivity contribution in [3.05, 3.63) is 65.5 Å². The molecule has 1 aromatic heterocycles. The summed E-state index contributed by atoms with van der Waals surface area (Å²) in [6, 6.07) is 15.0. The van der Waals surface area contributed by atoms with Crippen molar-refractivity contribution < 1.29 is 13.9 Å². The normalized spacial score (nSPS) is 10.5. The topological polar surface area (TPSA) is 77.3 Å². The molecule has 3 rings (SSSR count). The molecule has 2 aromatic carbocycles. The number of hydrogen-bond donors (Lipinski definition) is 1. The van der Waals surface area contributed by atoms with Crippen LogP contribution in [0.25, 0.3) is 0 Å². The summed E-state index contributed by atoms with van der Waals surface area (Å²) in [6.07, 6.45) is 2.40. The number of hydrogen-bond acceptors (Lipinski definition) is 6. The van der Waals surface area contributed by atoms with Crippen molar-refractivity contribution in [2.75, 3.05) is 18.7 Å². The Morgan fingerprint density at radius 1 is 1.16 bits per heavy atom. The van der Waals surface area contributed by atoms with Crippen LogP contribution in [0.15, 0.2) is 57.8 Å². The van der Waals surface area contributed by atoms with Crippen molar-refractivity contribution in [3.8, 4) is 5.75 Å². The van der Waals surface area contributed by atoms with E-state index in [-0.39, 0.29) is 11.9 Å². The van der Waals surface area contributed by atoms with Crippen LogP contribution < -0.4 is 10.1 Å². The van der Waals surface area contributed by atoms with Gasteiger partial charge < -0.3 is 9.15 Å². The van der Waals surface area contributed by atoms with E-state index in [0.29, 0.717) is 17.9 Å². The lowest BCUT2D eigenvalue weighted by molar-refractivity contribution is 0.102. The monoisotopic (exact) mass is 355 g/mol. The zero-order valence-electron chi connectivity index (χ0n) is 13.9. The third-order valence-electron chi connectivity index (χ3n) is 3.55. The van der Waals surface area contributed by atoms with Crippen LogP contribution in [0.4, 0.5) is 6.01 Å². The number of carbonyl (C=O) groups is 1. The molecule has 0 saturated heterocycles. The SMILES string of the molecule is COc1ccc(Cc2nnc(NC(=O)c3ccccc3SC)o2)cc1. The lowest BCUT2D eigenvalue weighted by atomic mass is 10.1. The Hall–Kier alpha value is -2.80. The van der Waals surface area contributed by atoms with E-state index in [2.05, 4.69) is 15.5 Å². The van der Waals surface area contributed by atoms with Gasteiger partial charge in [0.2, 0.25) is 5.89 Å². The summed E-state index contributed by atoms with van der Waals surface area (Å²) in [4.78, 5) is 13.3. The number of nitrogens with one attached hydrogen (secondary N) is 1. The van der Waals surface area contributed by atoms with E-state index in [0.717, 1.165) is 16.2 Å². The summed E-state index contributed by atoms with van der Waals surface area (Å²) in [5, 5.41) is 10.5. The molecular weight excluding hydrogens is 338 g/mol. The Bertz CT molecular complexity index is 862. The smallest absolute Gasteiger partial charge is 0.322 e. The molecule has 128 valence electrons. The first kappa shape index (κ1) is 17.0. The minimum atomic E-state index is -0.274. The number of amides is 1. The van der Waals surface area contributed by atoms with Gasteiger partial charge in [-0.3, -0.25) is 10.1 Å². The van der Waals surface area contributed by atoms with Crippen LogP contribution in [0.3, 0.4) is 0 Å². The number of aromatic nitrogens is 2. The third kappa shape index (κ3) is 4.19. The lowest BCUT2D eigenvalue weighted by Crippen LogP contribution is -2.13. The fourth-order valence-corrected chi connectivity index (χ4v) is 2.89. The number of nitrogens with zero attached hydrogens (tertiary/aromatic N) is 2. The van der Waals surface area contributed by atoms with Crippen LogP contribution in [-0.4, -0.2) is 29.5 Å². The largest absolute Gasteiger partial charge is 0.497 e. The molecule has 1 heterocycles. The second kappa shape index (κ2) is 7.85. The van der Waals surface area contributed by atoms with Gasteiger partial charge in [-0.15, -0.1) is 16.9 Å². The van der Waals surface area contributed by atoms with Crippen LogP contribution in [0, 0.1) is 0 Å². The first-order valence-corrected chi connectivity index (χ1v) is 8.81. The van der Waals surface area contributed by atoms with Crippen LogP contribution in [0.2, 0.25) is 0 Å². The molecule has 0 radical (unpaired) electrons. The van der Waals surface area contributed by atoms with Crippen molar-refractivity contribution in [1.29, 1.82) is 0 Å². The molecule has 3 aromatic rings. The summed E-state index contributed by atoms with van der Waals surface area (Å²) >= 11 is 1.51. The second-order valence-electron chi connectivity index (χ2n) is 5.18. The van der Waals surface area contributed by atoms with Gasteiger partial charge in [0.1, 0.15) is 5.75 Å². The number of anilines is 1. The summed E-state index contributed by atoms with van der Waals surface area (Å²) in [5.74, 6) is 0.943. The molecule has 0 aliphatic rings. The molecule has 0 fully saturated rings. The fourth-order valence-electron chi connectivity index (χ4n) is 2.29. The minimum Gasteiger partial charge on any atom is -0.497 e. The van der Waals surface area contributed by atoms with Gasteiger partial charge in [-0.05, 0) is 36.1 Å². The molecule has 0 unspecified atom stereocenters. The van der Waals surface area contributed by atoms with Gasteiger partial charge in [-0.2, -0.15) is 0 Å². The molecule has 1 N–H and O–H groups in total. The molecule has 0 saturated carbocycles. The van der Waals surface area contributed by atoms with E-state index in [1.54, 1.807) is 13.2 Å². The zero-order chi connectivity index (χ0) is 17.6. The number of methoxy groups -OCH3 is 1. The van der Waals surface area contributed by atoms with Crippen molar-refractivity contribution in [1.82, 2.24) is 10.2 Å². The van der Waals surface area contributed by atoms with E-state index in [4.69, 9.17) is 9.15 Å². The maximum atomic E-state index is 12.4. The molecule has 0 bridgehead atoms. The Morgan fingerprint density at radius 3 is 2.64 bits per heavy atom. The molecule has 7 heteroatoms. The van der Waals surface area contributed by atoms with Gasteiger partial charge in [0.05, 0.1) is 19.1 Å². The quantitative estimate of drug-likeness (QED) is 0.680. The van der Waals surface area contributed by atoms with Gasteiger partial charge in [0.25, 0.3) is 5.91 Å². The van der Waals surface area contributed by atoms with Gasteiger partial charge in [-0.1, -0.05) is 29.4 Å². The predicted molar refractivity (Wildman–Crippen MR) is 96.3 cm³/mol. The molecule has 6 nitrogen and oxygen atoms in total. The number of ether oxygens (including phenoxy) is 1. The summed E-state index contributed by atoms with van der Waals surface area (Å²) in [7, 11) is 1.62. The Labute approximate surface area is 149 Å². The minimum absolute atomic E-state index is 0.0874.